The number of nitrogen functional groups attached to an aromatic ring is 1. The van der Waals surface area contributed by atoms with Crippen molar-refractivity contribution in [1.82, 2.24) is 0 Å². The molecule has 0 aromatic heterocycles. The first-order valence-corrected chi connectivity index (χ1v) is 7.76. The average Bonchev–Trinajstić information content (AvgIpc) is 2.25. The van der Waals surface area contributed by atoms with E-state index in [4.69, 9.17) is 14.8 Å². The van der Waals surface area contributed by atoms with Gasteiger partial charge in [0.2, 0.25) is 0 Å². The van der Waals surface area contributed by atoms with E-state index in [0.717, 1.165) is 18.2 Å². The fourth-order valence-corrected chi connectivity index (χ4v) is 3.24. The summed E-state index contributed by atoms with van der Waals surface area (Å²) in [5, 5.41) is -0.238. The Morgan fingerprint density at radius 2 is 1.40 bits per heavy atom. The summed E-state index contributed by atoms with van der Waals surface area (Å²) < 4.78 is 63.1. The predicted molar refractivity (Wildman–Crippen MR) is 75.1 cm³/mol. The van der Waals surface area contributed by atoms with Gasteiger partial charge in [-0.05, 0) is 18.2 Å². The van der Waals surface area contributed by atoms with Gasteiger partial charge in [0.15, 0.2) is 0 Å². The third kappa shape index (κ3) is 3.14. The Hall–Kier alpha value is -0.680. The second-order valence-electron chi connectivity index (χ2n) is 3.78. The molecule has 0 radical (unpaired) electrons. The molecule has 0 spiro atoms. The van der Waals surface area contributed by atoms with Crippen LogP contribution < -0.4 is 5.73 Å². The van der Waals surface area contributed by atoms with Gasteiger partial charge >= 0.3 is 29.6 Å². The quantitative estimate of drug-likeness (QED) is 0.409. The van der Waals surface area contributed by atoms with E-state index in [9.17, 15) is 16.8 Å². The molecule has 20 heavy (non-hydrogen) atoms. The van der Waals surface area contributed by atoms with Crippen LogP contribution >= 0.6 is 0 Å². The van der Waals surface area contributed by atoms with Gasteiger partial charge in [0, 0.05) is 16.5 Å². The van der Waals surface area contributed by atoms with E-state index < -0.39 is 30.0 Å². The SMILES string of the molecule is Nc1ccc(S(=O)(=O)O)c2cccc(S(=O)(=O)O)c12.[NaH]. The molecule has 2 aromatic rings. The van der Waals surface area contributed by atoms with Crippen molar-refractivity contribution >= 4 is 66.3 Å². The number of hydrogen-bond acceptors (Lipinski definition) is 5. The first kappa shape index (κ1) is 17.4. The van der Waals surface area contributed by atoms with Crippen molar-refractivity contribution in [2.75, 3.05) is 5.73 Å². The Morgan fingerprint density at radius 3 is 1.90 bits per heavy atom. The molecule has 10 heteroatoms. The maximum absolute atomic E-state index is 11.2. The van der Waals surface area contributed by atoms with Crippen LogP contribution in [0.3, 0.4) is 0 Å². The van der Waals surface area contributed by atoms with Gasteiger partial charge in [-0.15, -0.1) is 0 Å². The van der Waals surface area contributed by atoms with Crippen molar-refractivity contribution in [1.29, 1.82) is 0 Å². The van der Waals surface area contributed by atoms with E-state index in [2.05, 4.69) is 0 Å². The zero-order valence-electron chi connectivity index (χ0n) is 9.31. The fraction of sp³-hybridized carbons (Fsp3) is 0. The molecule has 0 amide bonds. The number of rotatable bonds is 2. The van der Waals surface area contributed by atoms with Crippen molar-refractivity contribution in [2.45, 2.75) is 9.79 Å². The summed E-state index contributed by atoms with van der Waals surface area (Å²) in [7, 11) is -9.11. The summed E-state index contributed by atoms with van der Waals surface area (Å²) in [6, 6.07) is 5.80. The van der Waals surface area contributed by atoms with Gasteiger partial charge in [0.05, 0.1) is 0 Å². The first-order chi connectivity index (χ1) is 8.62. The molecule has 0 heterocycles. The molecule has 0 aliphatic heterocycles. The molecule has 0 saturated carbocycles. The van der Waals surface area contributed by atoms with Gasteiger partial charge in [-0.25, -0.2) is 0 Å². The number of nitrogens with two attached hydrogens (primary N) is 1. The number of hydrogen-bond donors (Lipinski definition) is 3. The fourth-order valence-electron chi connectivity index (χ4n) is 1.81. The van der Waals surface area contributed by atoms with E-state index in [1.165, 1.54) is 12.1 Å². The molecule has 2 rings (SSSR count). The molecule has 0 fully saturated rings. The van der Waals surface area contributed by atoms with Crippen molar-refractivity contribution in [2.24, 2.45) is 0 Å². The van der Waals surface area contributed by atoms with Crippen LogP contribution in [-0.4, -0.2) is 55.5 Å². The summed E-state index contributed by atoms with van der Waals surface area (Å²) >= 11 is 0. The average molecular weight is 327 g/mol. The first-order valence-electron chi connectivity index (χ1n) is 4.88. The van der Waals surface area contributed by atoms with Crippen LogP contribution in [-0.2, 0) is 20.2 Å². The molecule has 0 aliphatic carbocycles. The molecular weight excluding hydrogens is 317 g/mol. The summed E-state index contributed by atoms with van der Waals surface area (Å²) in [6.07, 6.45) is 0. The monoisotopic (exact) mass is 327 g/mol. The summed E-state index contributed by atoms with van der Waals surface area (Å²) in [5.74, 6) is 0. The van der Waals surface area contributed by atoms with E-state index in [1.54, 1.807) is 0 Å². The Labute approximate surface area is 137 Å². The van der Waals surface area contributed by atoms with Crippen LogP contribution in [0.5, 0.6) is 0 Å². The van der Waals surface area contributed by atoms with Gasteiger partial charge in [0.25, 0.3) is 20.2 Å². The molecule has 7 nitrogen and oxygen atoms in total. The standard InChI is InChI=1S/C10H9NO6S2.Na.H/c11-7-4-5-8(18(12,13)14)6-2-1-3-9(10(6)7)19(15,16)17;;/h1-5H,11H2,(H,12,13,14)(H,15,16,17);;. The molecule has 4 N–H and O–H groups in total. The van der Waals surface area contributed by atoms with E-state index in [1.807, 2.05) is 0 Å². The molecule has 104 valence electrons. The van der Waals surface area contributed by atoms with Crippen LogP contribution in [0, 0.1) is 0 Å². The van der Waals surface area contributed by atoms with Crippen molar-refractivity contribution in [3.8, 4) is 0 Å². The number of fused-ring (bicyclic) bond motifs is 1. The van der Waals surface area contributed by atoms with E-state index in [0.29, 0.717) is 0 Å². The van der Waals surface area contributed by atoms with Gasteiger partial charge in [-0.1, -0.05) is 12.1 Å². The van der Waals surface area contributed by atoms with Crippen LogP contribution in [0.15, 0.2) is 40.1 Å². The second-order valence-corrected chi connectivity index (χ2v) is 6.56. The second kappa shape index (κ2) is 5.60. The molecule has 0 saturated heterocycles. The van der Waals surface area contributed by atoms with Gasteiger partial charge < -0.3 is 5.73 Å². The Bertz CT molecular complexity index is 876. The van der Waals surface area contributed by atoms with Crippen LogP contribution in [0.1, 0.15) is 0 Å². The minimum absolute atomic E-state index is 0. The van der Waals surface area contributed by atoms with Crippen molar-refractivity contribution in [3.05, 3.63) is 30.3 Å². The summed E-state index contributed by atoms with van der Waals surface area (Å²) in [5.41, 5.74) is 5.58. The van der Waals surface area contributed by atoms with Crippen LogP contribution in [0.4, 0.5) is 5.69 Å². The molecule has 0 unspecified atom stereocenters. The van der Waals surface area contributed by atoms with Gasteiger partial charge in [-0.3, -0.25) is 9.11 Å². The van der Waals surface area contributed by atoms with Crippen LogP contribution in [0.25, 0.3) is 10.8 Å². The zero-order chi connectivity index (χ0) is 14.4. The van der Waals surface area contributed by atoms with Crippen molar-refractivity contribution in [3.63, 3.8) is 0 Å². The Morgan fingerprint density at radius 1 is 0.850 bits per heavy atom. The molecule has 0 aliphatic rings. The molecular formula is C10H10NNaO6S2. The Kier molecular flexibility index (Phi) is 4.87. The van der Waals surface area contributed by atoms with E-state index >= 15 is 0 Å². The minimum atomic E-state index is -4.57. The Balaban J connectivity index is 0.00000200. The third-order valence-corrected chi connectivity index (χ3v) is 4.36. The predicted octanol–water partition coefficient (Wildman–Crippen LogP) is 0.267. The maximum atomic E-state index is 11.2. The van der Waals surface area contributed by atoms with Gasteiger partial charge in [-0.2, -0.15) is 16.8 Å². The normalized spacial score (nSPS) is 12.1. The molecule has 0 atom stereocenters. The van der Waals surface area contributed by atoms with Gasteiger partial charge in [0.1, 0.15) is 9.79 Å². The third-order valence-electron chi connectivity index (χ3n) is 2.55. The van der Waals surface area contributed by atoms with Crippen molar-refractivity contribution < 1.29 is 25.9 Å². The molecule has 0 bridgehead atoms. The topological polar surface area (TPSA) is 135 Å². The summed E-state index contributed by atoms with van der Waals surface area (Å²) in [6.45, 7) is 0. The molecule has 2 aromatic carbocycles. The van der Waals surface area contributed by atoms with Crippen LogP contribution in [0.2, 0.25) is 0 Å². The zero-order valence-corrected chi connectivity index (χ0v) is 10.9. The number of benzene rings is 2. The summed E-state index contributed by atoms with van der Waals surface area (Å²) in [4.78, 5) is -1.00. The van der Waals surface area contributed by atoms with E-state index in [-0.39, 0.29) is 46.0 Å². The number of anilines is 1.